The molecular formula is C25H20BrN3O3. The Labute approximate surface area is 194 Å². The zero-order valence-corrected chi connectivity index (χ0v) is 19.1. The molecule has 0 saturated heterocycles. The highest BCUT2D eigenvalue weighted by Gasteiger charge is 2.14. The van der Waals surface area contributed by atoms with Crippen molar-refractivity contribution in [3.63, 3.8) is 0 Å². The summed E-state index contributed by atoms with van der Waals surface area (Å²) in [5, 5.41) is 4.89. The fourth-order valence-corrected chi connectivity index (χ4v) is 3.79. The maximum atomic E-state index is 13.1. The molecule has 0 spiro atoms. The molecule has 1 heterocycles. The molecule has 3 aromatic carbocycles. The maximum Gasteiger partial charge on any atom is 0.272 e. The van der Waals surface area contributed by atoms with Crippen LogP contribution in [0.3, 0.4) is 0 Å². The van der Waals surface area contributed by atoms with E-state index in [2.05, 4.69) is 26.5 Å². The van der Waals surface area contributed by atoms with Gasteiger partial charge in [-0.2, -0.15) is 5.10 Å². The molecule has 0 aliphatic carbocycles. The number of pyridine rings is 1. The van der Waals surface area contributed by atoms with Crippen molar-refractivity contribution in [2.24, 2.45) is 5.10 Å². The fraction of sp³-hybridized carbons (Fsp3) is 0.0800. The van der Waals surface area contributed by atoms with Crippen LogP contribution in [-0.2, 0) is 0 Å². The average molecular weight is 490 g/mol. The number of methoxy groups -OCH3 is 2. The first-order valence-electron chi connectivity index (χ1n) is 9.81. The molecule has 7 heteroatoms. The topological polar surface area (TPSA) is 72.8 Å². The molecule has 6 nitrogen and oxygen atoms in total. The number of rotatable bonds is 6. The van der Waals surface area contributed by atoms with Crippen LogP contribution in [0.4, 0.5) is 0 Å². The lowest BCUT2D eigenvalue weighted by Crippen LogP contribution is -2.18. The van der Waals surface area contributed by atoms with Crippen molar-refractivity contribution < 1.29 is 14.3 Å². The summed E-state index contributed by atoms with van der Waals surface area (Å²) in [6, 6.07) is 22.6. The van der Waals surface area contributed by atoms with E-state index in [0.29, 0.717) is 28.3 Å². The molecule has 0 radical (unpaired) electrons. The fourth-order valence-electron chi connectivity index (χ4n) is 3.39. The second-order valence-electron chi connectivity index (χ2n) is 6.86. The molecule has 1 aromatic heterocycles. The summed E-state index contributed by atoms with van der Waals surface area (Å²) in [7, 11) is 3.12. The minimum atomic E-state index is -0.335. The number of hydrogen-bond donors (Lipinski definition) is 1. The van der Waals surface area contributed by atoms with Gasteiger partial charge in [-0.3, -0.25) is 4.79 Å². The normalized spacial score (nSPS) is 11.0. The van der Waals surface area contributed by atoms with Crippen LogP contribution in [0.1, 0.15) is 15.9 Å². The summed E-state index contributed by atoms with van der Waals surface area (Å²) in [4.78, 5) is 17.8. The maximum absolute atomic E-state index is 13.1. The predicted molar refractivity (Wildman–Crippen MR) is 129 cm³/mol. The number of fused-ring (bicyclic) bond motifs is 1. The van der Waals surface area contributed by atoms with Gasteiger partial charge < -0.3 is 9.47 Å². The van der Waals surface area contributed by atoms with Crippen molar-refractivity contribution in [3.05, 3.63) is 88.4 Å². The Hall–Kier alpha value is -3.71. The van der Waals surface area contributed by atoms with Crippen LogP contribution in [0.15, 0.2) is 82.4 Å². The number of nitrogens with zero attached hydrogens (tertiary/aromatic N) is 2. The van der Waals surface area contributed by atoms with E-state index in [0.717, 1.165) is 20.9 Å². The highest BCUT2D eigenvalue weighted by Crippen LogP contribution is 2.29. The molecule has 0 atom stereocenters. The van der Waals surface area contributed by atoms with Gasteiger partial charge in [-0.15, -0.1) is 0 Å². The van der Waals surface area contributed by atoms with E-state index in [1.54, 1.807) is 26.4 Å². The van der Waals surface area contributed by atoms with Crippen LogP contribution >= 0.6 is 15.9 Å². The van der Waals surface area contributed by atoms with Gasteiger partial charge >= 0.3 is 0 Å². The molecule has 4 rings (SSSR count). The largest absolute Gasteiger partial charge is 0.493 e. The molecule has 160 valence electrons. The molecule has 0 aliphatic heterocycles. The van der Waals surface area contributed by atoms with Gasteiger partial charge in [0.2, 0.25) is 0 Å². The van der Waals surface area contributed by atoms with E-state index in [9.17, 15) is 4.79 Å². The van der Waals surface area contributed by atoms with Gasteiger partial charge in [0.1, 0.15) is 0 Å². The molecular weight excluding hydrogens is 470 g/mol. The summed E-state index contributed by atoms with van der Waals surface area (Å²) in [5.74, 6) is 0.791. The Kier molecular flexibility index (Phi) is 6.47. The molecule has 1 amide bonds. The van der Waals surface area contributed by atoms with Crippen LogP contribution in [0.25, 0.3) is 22.2 Å². The van der Waals surface area contributed by atoms with Crippen LogP contribution in [-0.4, -0.2) is 31.3 Å². The Morgan fingerprint density at radius 3 is 2.59 bits per heavy atom. The third-order valence-corrected chi connectivity index (χ3v) is 5.38. The van der Waals surface area contributed by atoms with Crippen LogP contribution in [0, 0.1) is 0 Å². The Balaban J connectivity index is 1.67. The lowest BCUT2D eigenvalue weighted by Gasteiger charge is -2.10. The number of aromatic nitrogens is 1. The molecule has 0 saturated carbocycles. The molecule has 1 N–H and O–H groups in total. The number of benzene rings is 3. The molecule has 0 aliphatic rings. The number of nitrogens with one attached hydrogen (secondary N) is 1. The van der Waals surface area contributed by atoms with E-state index < -0.39 is 0 Å². The van der Waals surface area contributed by atoms with Gasteiger partial charge in [0.05, 0.1) is 37.2 Å². The first-order valence-corrected chi connectivity index (χ1v) is 10.6. The number of hydrazone groups is 1. The molecule has 0 fully saturated rings. The number of hydrogen-bond acceptors (Lipinski definition) is 5. The van der Waals surface area contributed by atoms with Gasteiger partial charge in [-0.05, 0) is 36.4 Å². The van der Waals surface area contributed by atoms with Crippen molar-refractivity contribution in [2.45, 2.75) is 0 Å². The zero-order chi connectivity index (χ0) is 22.5. The minimum absolute atomic E-state index is 0.335. The summed E-state index contributed by atoms with van der Waals surface area (Å²) in [6.07, 6.45) is 1.53. The van der Waals surface area contributed by atoms with Crippen molar-refractivity contribution in [3.8, 4) is 22.8 Å². The number of carbonyl (C=O) groups is 1. The molecule has 0 bridgehead atoms. The predicted octanol–water partition coefficient (Wildman–Crippen LogP) is 5.45. The van der Waals surface area contributed by atoms with Crippen LogP contribution in [0.5, 0.6) is 11.5 Å². The molecule has 0 unspecified atom stereocenters. The Bertz CT molecular complexity index is 1320. The van der Waals surface area contributed by atoms with E-state index >= 15 is 0 Å². The first kappa shape index (κ1) is 21.5. The Morgan fingerprint density at radius 1 is 1.00 bits per heavy atom. The quantitative estimate of drug-likeness (QED) is 0.289. The second kappa shape index (κ2) is 9.62. The van der Waals surface area contributed by atoms with Crippen LogP contribution < -0.4 is 14.9 Å². The molecule has 32 heavy (non-hydrogen) atoms. The van der Waals surface area contributed by atoms with E-state index in [1.165, 1.54) is 6.21 Å². The van der Waals surface area contributed by atoms with Gasteiger partial charge in [-0.1, -0.05) is 52.3 Å². The Morgan fingerprint density at radius 2 is 1.81 bits per heavy atom. The van der Waals surface area contributed by atoms with Gasteiger partial charge in [0, 0.05) is 21.0 Å². The number of para-hydroxylation sites is 2. The van der Waals surface area contributed by atoms with Crippen molar-refractivity contribution in [1.29, 1.82) is 0 Å². The zero-order valence-electron chi connectivity index (χ0n) is 17.5. The lowest BCUT2D eigenvalue weighted by atomic mass is 10.0. The first-order chi connectivity index (χ1) is 15.6. The average Bonchev–Trinajstić information content (AvgIpc) is 2.83. The van der Waals surface area contributed by atoms with Crippen molar-refractivity contribution >= 4 is 39.0 Å². The van der Waals surface area contributed by atoms with Gasteiger partial charge in [0.15, 0.2) is 11.5 Å². The van der Waals surface area contributed by atoms with Gasteiger partial charge in [-0.25, -0.2) is 10.4 Å². The SMILES string of the molecule is COc1cccc(/C=N\NC(=O)c2cc(-c3cccc(Br)c3)nc3ccccc23)c1OC. The number of halogens is 1. The van der Waals surface area contributed by atoms with Crippen LogP contribution in [0.2, 0.25) is 0 Å². The lowest BCUT2D eigenvalue weighted by molar-refractivity contribution is 0.0956. The monoisotopic (exact) mass is 489 g/mol. The minimum Gasteiger partial charge on any atom is -0.493 e. The third kappa shape index (κ3) is 4.48. The third-order valence-electron chi connectivity index (χ3n) is 4.88. The van der Waals surface area contributed by atoms with Crippen molar-refractivity contribution in [2.75, 3.05) is 14.2 Å². The summed E-state index contributed by atoms with van der Waals surface area (Å²) < 4.78 is 11.6. The molecule has 4 aromatic rings. The number of amides is 1. The van der Waals surface area contributed by atoms with E-state index in [1.807, 2.05) is 60.7 Å². The smallest absolute Gasteiger partial charge is 0.272 e. The highest BCUT2D eigenvalue weighted by atomic mass is 79.9. The van der Waals surface area contributed by atoms with E-state index in [4.69, 9.17) is 14.5 Å². The summed E-state index contributed by atoms with van der Waals surface area (Å²) in [5.41, 5.74) is 6.12. The second-order valence-corrected chi connectivity index (χ2v) is 7.78. The van der Waals surface area contributed by atoms with Gasteiger partial charge in [0.25, 0.3) is 5.91 Å². The van der Waals surface area contributed by atoms with Crippen molar-refractivity contribution in [1.82, 2.24) is 10.4 Å². The number of ether oxygens (including phenoxy) is 2. The highest BCUT2D eigenvalue weighted by molar-refractivity contribution is 9.10. The van der Waals surface area contributed by atoms with E-state index in [-0.39, 0.29) is 5.91 Å². The summed E-state index contributed by atoms with van der Waals surface area (Å²) >= 11 is 3.49. The number of carbonyl (C=O) groups excluding carboxylic acids is 1. The summed E-state index contributed by atoms with van der Waals surface area (Å²) in [6.45, 7) is 0. The standard InChI is InChI=1S/C25H20BrN3O3/c1-31-23-12-6-8-17(24(23)32-2)15-27-29-25(30)20-14-22(16-7-5-9-18(26)13-16)28-21-11-4-3-10-19(20)21/h3-15H,1-2H3,(H,29,30)/b27-15-.